The largest absolute Gasteiger partial charge is 0.494 e. The van der Waals surface area contributed by atoms with Crippen LogP contribution in [0.3, 0.4) is 0 Å². The van der Waals surface area contributed by atoms with Crippen LogP contribution >= 0.6 is 0 Å². The molecular weight excluding hydrogens is 332 g/mol. The molecule has 0 N–H and O–H groups in total. The predicted molar refractivity (Wildman–Crippen MR) is 98.5 cm³/mol. The minimum absolute atomic E-state index is 0.00593. The molecule has 140 valence electrons. The monoisotopic (exact) mass is 358 g/mol. The van der Waals surface area contributed by atoms with Gasteiger partial charge in [0.15, 0.2) is 0 Å². The maximum Gasteiger partial charge on any atom is 0.277 e. The van der Waals surface area contributed by atoms with Crippen LogP contribution in [0.25, 0.3) is 5.57 Å². The Balaban J connectivity index is 2.04. The third-order valence-electron chi connectivity index (χ3n) is 4.65. The molecule has 2 aliphatic rings. The molecule has 26 heavy (non-hydrogen) atoms. The second kappa shape index (κ2) is 7.50. The van der Waals surface area contributed by atoms with Crippen LogP contribution in [0.5, 0.6) is 5.75 Å². The number of amides is 2. The number of imide groups is 1. The summed E-state index contributed by atoms with van der Waals surface area (Å²) >= 11 is 0. The number of nitrogens with zero attached hydrogens (tertiary/aromatic N) is 2. The smallest absolute Gasteiger partial charge is 0.277 e. The van der Waals surface area contributed by atoms with Crippen LogP contribution < -0.4 is 4.74 Å². The normalized spacial score (nSPS) is 23.8. The first-order valence-electron chi connectivity index (χ1n) is 9.20. The van der Waals surface area contributed by atoms with Crippen molar-refractivity contribution < 1.29 is 19.1 Å². The highest BCUT2D eigenvalue weighted by Gasteiger charge is 2.42. The highest BCUT2D eigenvalue weighted by Crippen LogP contribution is 2.33. The van der Waals surface area contributed by atoms with Gasteiger partial charge in [0.05, 0.1) is 24.4 Å². The number of hydrogen-bond acceptors (Lipinski definition) is 5. The van der Waals surface area contributed by atoms with E-state index in [4.69, 9.17) is 9.47 Å². The Hall–Kier alpha value is -2.34. The Morgan fingerprint density at radius 2 is 1.65 bits per heavy atom. The van der Waals surface area contributed by atoms with Gasteiger partial charge in [-0.3, -0.25) is 14.5 Å². The highest BCUT2D eigenvalue weighted by atomic mass is 16.5. The maximum absolute atomic E-state index is 13.0. The van der Waals surface area contributed by atoms with Gasteiger partial charge in [-0.2, -0.15) is 0 Å². The lowest BCUT2D eigenvalue weighted by Crippen LogP contribution is -2.46. The standard InChI is InChI=1S/C20H26N2O4/c1-5-22-19(23)17(15-7-9-16(10-8-15)25-6-2)18(20(22)24)21-11-13(3)26-14(4)12-21/h7-10,13-14H,5-6,11-12H2,1-4H3. The molecule has 1 aromatic carbocycles. The molecule has 0 aliphatic carbocycles. The van der Waals surface area contributed by atoms with Gasteiger partial charge in [0.25, 0.3) is 11.8 Å². The van der Waals surface area contributed by atoms with Crippen LogP contribution in [-0.2, 0) is 14.3 Å². The summed E-state index contributed by atoms with van der Waals surface area (Å²) in [4.78, 5) is 29.2. The summed E-state index contributed by atoms with van der Waals surface area (Å²) in [6.07, 6.45) is 0.0119. The average Bonchev–Trinajstić information content (AvgIpc) is 2.85. The molecule has 0 aromatic heterocycles. The van der Waals surface area contributed by atoms with E-state index in [1.165, 1.54) is 4.90 Å². The summed E-state index contributed by atoms with van der Waals surface area (Å²) in [6.45, 7) is 9.84. The average molecular weight is 358 g/mol. The first-order valence-corrected chi connectivity index (χ1v) is 9.20. The number of rotatable bonds is 5. The minimum Gasteiger partial charge on any atom is -0.494 e. The van der Waals surface area contributed by atoms with Crippen LogP contribution in [0.4, 0.5) is 0 Å². The van der Waals surface area contributed by atoms with Crippen molar-refractivity contribution >= 4 is 17.4 Å². The molecule has 3 rings (SSSR count). The van der Waals surface area contributed by atoms with Crippen molar-refractivity contribution in [2.45, 2.75) is 39.9 Å². The number of hydrogen-bond donors (Lipinski definition) is 0. The van der Waals surface area contributed by atoms with Crippen LogP contribution in [0.2, 0.25) is 0 Å². The molecule has 2 amide bonds. The Bertz CT molecular complexity index is 716. The minimum atomic E-state index is -0.233. The third kappa shape index (κ3) is 3.33. The van der Waals surface area contributed by atoms with Gasteiger partial charge < -0.3 is 14.4 Å². The molecule has 0 saturated carbocycles. The van der Waals surface area contributed by atoms with Crippen LogP contribution in [0.15, 0.2) is 30.0 Å². The molecule has 2 unspecified atom stereocenters. The number of ether oxygens (including phenoxy) is 2. The molecule has 1 saturated heterocycles. The lowest BCUT2D eigenvalue weighted by atomic mass is 10.0. The second-order valence-corrected chi connectivity index (χ2v) is 6.70. The molecule has 1 fully saturated rings. The van der Waals surface area contributed by atoms with Gasteiger partial charge in [-0.1, -0.05) is 12.1 Å². The fourth-order valence-electron chi connectivity index (χ4n) is 3.65. The summed E-state index contributed by atoms with van der Waals surface area (Å²) < 4.78 is 11.3. The molecule has 0 radical (unpaired) electrons. The fraction of sp³-hybridized carbons (Fsp3) is 0.500. The molecule has 1 aromatic rings. The van der Waals surface area contributed by atoms with Gasteiger partial charge in [0.1, 0.15) is 11.4 Å². The SMILES string of the molecule is CCOc1ccc(C2=C(N3CC(C)OC(C)C3)C(=O)N(CC)C2=O)cc1. The van der Waals surface area contributed by atoms with E-state index in [9.17, 15) is 9.59 Å². The van der Waals surface area contributed by atoms with Crippen molar-refractivity contribution in [1.29, 1.82) is 0 Å². The molecule has 0 bridgehead atoms. The number of likely N-dealkylation sites (N-methyl/N-ethyl adjacent to an activating group) is 1. The van der Waals surface area contributed by atoms with E-state index in [0.29, 0.717) is 37.5 Å². The van der Waals surface area contributed by atoms with Gasteiger partial charge in [-0.25, -0.2) is 0 Å². The number of morpholine rings is 1. The molecule has 6 heteroatoms. The lowest BCUT2D eigenvalue weighted by molar-refractivity contribution is -0.138. The van der Waals surface area contributed by atoms with Gasteiger partial charge in [-0.05, 0) is 45.4 Å². The van der Waals surface area contributed by atoms with Crippen LogP contribution in [0.1, 0.15) is 33.3 Å². The summed E-state index contributed by atoms with van der Waals surface area (Å²) in [5.41, 5.74) is 1.70. The number of carbonyl (C=O) groups excluding carboxylic acids is 2. The van der Waals surface area contributed by atoms with E-state index in [1.54, 1.807) is 0 Å². The van der Waals surface area contributed by atoms with Gasteiger partial charge in [0, 0.05) is 19.6 Å². The fourth-order valence-corrected chi connectivity index (χ4v) is 3.65. The Kier molecular flexibility index (Phi) is 5.32. The summed E-state index contributed by atoms with van der Waals surface area (Å²) in [5.74, 6) is 0.294. The van der Waals surface area contributed by atoms with E-state index in [1.807, 2.05) is 56.9 Å². The Morgan fingerprint density at radius 3 is 2.19 bits per heavy atom. The van der Waals surface area contributed by atoms with E-state index in [0.717, 1.165) is 11.3 Å². The van der Waals surface area contributed by atoms with Crippen molar-refractivity contribution in [3.8, 4) is 5.75 Å². The van der Waals surface area contributed by atoms with Gasteiger partial charge in [0.2, 0.25) is 0 Å². The molecule has 2 aliphatic heterocycles. The maximum atomic E-state index is 13.0. The highest BCUT2D eigenvalue weighted by molar-refractivity contribution is 6.35. The first-order chi connectivity index (χ1) is 12.5. The summed E-state index contributed by atoms with van der Waals surface area (Å²) in [7, 11) is 0. The number of carbonyl (C=O) groups is 2. The van der Waals surface area contributed by atoms with Crippen LogP contribution in [0, 0.1) is 0 Å². The summed E-state index contributed by atoms with van der Waals surface area (Å²) in [6, 6.07) is 7.36. The molecular formula is C20H26N2O4. The van der Waals surface area contributed by atoms with Crippen molar-refractivity contribution in [1.82, 2.24) is 9.80 Å². The van der Waals surface area contributed by atoms with Crippen molar-refractivity contribution in [2.24, 2.45) is 0 Å². The first kappa shape index (κ1) is 18.5. The lowest BCUT2D eigenvalue weighted by Gasteiger charge is -2.37. The predicted octanol–water partition coefficient (Wildman–Crippen LogP) is 2.29. The molecule has 6 nitrogen and oxygen atoms in total. The van der Waals surface area contributed by atoms with Gasteiger partial charge in [-0.15, -0.1) is 0 Å². The van der Waals surface area contributed by atoms with E-state index in [2.05, 4.69) is 0 Å². The Morgan fingerprint density at radius 1 is 1.04 bits per heavy atom. The zero-order valence-corrected chi connectivity index (χ0v) is 15.8. The zero-order chi connectivity index (χ0) is 18.8. The molecule has 2 atom stereocenters. The van der Waals surface area contributed by atoms with E-state index in [-0.39, 0.29) is 24.0 Å². The van der Waals surface area contributed by atoms with Crippen LogP contribution in [-0.4, -0.2) is 60.1 Å². The quantitative estimate of drug-likeness (QED) is 0.756. The van der Waals surface area contributed by atoms with E-state index < -0.39 is 0 Å². The second-order valence-electron chi connectivity index (χ2n) is 6.70. The van der Waals surface area contributed by atoms with Crippen molar-refractivity contribution in [3.63, 3.8) is 0 Å². The third-order valence-corrected chi connectivity index (χ3v) is 4.65. The topological polar surface area (TPSA) is 59.1 Å². The molecule has 2 heterocycles. The molecule has 0 spiro atoms. The van der Waals surface area contributed by atoms with Gasteiger partial charge >= 0.3 is 0 Å². The zero-order valence-electron chi connectivity index (χ0n) is 15.8. The van der Waals surface area contributed by atoms with Crippen molar-refractivity contribution in [3.05, 3.63) is 35.5 Å². The summed E-state index contributed by atoms with van der Waals surface area (Å²) in [5, 5.41) is 0. The number of benzene rings is 1. The Labute approximate surface area is 154 Å². The van der Waals surface area contributed by atoms with E-state index >= 15 is 0 Å². The van der Waals surface area contributed by atoms with Crippen molar-refractivity contribution in [2.75, 3.05) is 26.2 Å².